The summed E-state index contributed by atoms with van der Waals surface area (Å²) in [6, 6.07) is 21.6. The Morgan fingerprint density at radius 3 is 1.64 bits per heavy atom. The van der Waals surface area contributed by atoms with Gasteiger partial charge in [0.05, 0.1) is 16.2 Å². The van der Waals surface area contributed by atoms with E-state index >= 15 is 0 Å². The number of nitrogens with zero attached hydrogens (tertiary/aromatic N) is 2. The molecule has 298 valence electrons. The van der Waals surface area contributed by atoms with Crippen LogP contribution in [0.1, 0.15) is 55.5 Å². The van der Waals surface area contributed by atoms with Crippen LogP contribution in [-0.4, -0.2) is 66.9 Å². The van der Waals surface area contributed by atoms with Gasteiger partial charge in [-0.2, -0.15) is 13.2 Å². The fourth-order valence-electron chi connectivity index (χ4n) is 6.77. The van der Waals surface area contributed by atoms with Gasteiger partial charge in [-0.3, -0.25) is 0 Å². The van der Waals surface area contributed by atoms with Crippen molar-refractivity contribution in [1.29, 1.82) is 0 Å². The molecule has 0 amide bonds. The van der Waals surface area contributed by atoms with Crippen LogP contribution in [-0.2, 0) is 18.2 Å². The third kappa shape index (κ3) is 12.5. The first-order chi connectivity index (χ1) is 25.6. The predicted molar refractivity (Wildman–Crippen MR) is 211 cm³/mol. The van der Waals surface area contributed by atoms with E-state index in [-0.39, 0.29) is 23.1 Å². The average molecular weight is 789 g/mol. The maximum atomic E-state index is 13.6. The zero-order chi connectivity index (χ0) is 41.3. The Morgan fingerprint density at radius 2 is 1.16 bits per heavy atom. The van der Waals surface area contributed by atoms with E-state index in [1.165, 1.54) is 42.5 Å². The number of rotatable bonds is 13. The van der Waals surface area contributed by atoms with Crippen LogP contribution in [0.15, 0.2) is 102 Å². The minimum absolute atomic E-state index is 0.0857. The summed E-state index contributed by atoms with van der Waals surface area (Å²) in [5.74, 6) is -1.54. The summed E-state index contributed by atoms with van der Waals surface area (Å²) in [5, 5.41) is 22.8. The summed E-state index contributed by atoms with van der Waals surface area (Å²) in [4.78, 5) is 3.87. The molecule has 11 heteroatoms. The molecule has 4 rings (SSSR count). The molecule has 55 heavy (non-hydrogen) atoms. The van der Waals surface area contributed by atoms with E-state index in [4.69, 9.17) is 11.6 Å². The molecule has 4 nitrogen and oxygen atoms in total. The van der Waals surface area contributed by atoms with Crippen LogP contribution in [0.3, 0.4) is 0 Å². The molecule has 2 N–H and O–H groups in total. The summed E-state index contributed by atoms with van der Waals surface area (Å²) in [7, 11) is 7.55. The quantitative estimate of drug-likeness (QED) is 0.133. The first-order valence-corrected chi connectivity index (χ1v) is 18.2. The van der Waals surface area contributed by atoms with Gasteiger partial charge in [-0.15, -0.1) is 0 Å². The Labute approximate surface area is 326 Å². The van der Waals surface area contributed by atoms with Crippen molar-refractivity contribution >= 4 is 23.8 Å². The van der Waals surface area contributed by atoms with E-state index in [0.29, 0.717) is 30.6 Å². The number of alkyl halides is 3. The number of aliphatic hydroxyl groups is 2. The van der Waals surface area contributed by atoms with Gasteiger partial charge in [0.15, 0.2) is 0 Å². The molecule has 0 saturated heterocycles. The summed E-state index contributed by atoms with van der Waals surface area (Å²) >= 11 is 5.76. The lowest BCUT2D eigenvalue weighted by molar-refractivity contribution is -0.137. The highest BCUT2D eigenvalue weighted by atomic mass is 35.5. The third-order valence-electron chi connectivity index (χ3n) is 9.67. The van der Waals surface area contributed by atoms with Crippen molar-refractivity contribution in [2.75, 3.05) is 41.3 Å². The second kappa shape index (κ2) is 19.3. The van der Waals surface area contributed by atoms with Crippen molar-refractivity contribution in [2.24, 2.45) is 11.8 Å². The second-order valence-electron chi connectivity index (χ2n) is 14.8. The van der Waals surface area contributed by atoms with Crippen molar-refractivity contribution in [3.8, 4) is 0 Å². The van der Waals surface area contributed by atoms with E-state index in [2.05, 4.69) is 0 Å². The highest BCUT2D eigenvalue weighted by Gasteiger charge is 2.41. The molecule has 0 bridgehead atoms. The Hall–Kier alpha value is -3.93. The Bertz CT molecular complexity index is 1910. The molecular formula is C44H51ClF6N2O2. The molecule has 0 spiro atoms. The molecule has 0 fully saturated rings. The van der Waals surface area contributed by atoms with E-state index in [0.717, 1.165) is 28.8 Å². The standard InChI is InChI=1S/C22H24ClF4NO.C22H27F2NO/c1-14(11-16-5-8-18(24)9-6-16)21(29,15(2)13-28(3)4)17-7-10-20(23)19(12-17)22(25,26)27;1-16(12-18-8-10-20(23)11-9-18)22(26,17(2)15-25(3)4)14-19-6-5-7-21(24)13-19/h5-12,15,29H,13H2,1-4H3;5-13,17,26H,14-15H2,1-4H3. The summed E-state index contributed by atoms with van der Waals surface area (Å²) < 4.78 is 80.1. The van der Waals surface area contributed by atoms with Crippen molar-refractivity contribution < 1.29 is 36.6 Å². The summed E-state index contributed by atoms with van der Waals surface area (Å²) in [5.41, 5.74) is -0.346. The van der Waals surface area contributed by atoms with Crippen molar-refractivity contribution in [1.82, 2.24) is 9.80 Å². The van der Waals surface area contributed by atoms with Gasteiger partial charge in [0.2, 0.25) is 0 Å². The number of halogens is 7. The highest BCUT2D eigenvalue weighted by Crippen LogP contribution is 2.42. The van der Waals surface area contributed by atoms with Crippen LogP contribution in [0.25, 0.3) is 12.2 Å². The second-order valence-corrected chi connectivity index (χ2v) is 15.2. The topological polar surface area (TPSA) is 46.9 Å². The first kappa shape index (κ1) is 45.5. The van der Waals surface area contributed by atoms with Gasteiger partial charge in [0.1, 0.15) is 23.1 Å². The lowest BCUT2D eigenvalue weighted by atomic mass is 9.76. The maximum absolute atomic E-state index is 13.6. The van der Waals surface area contributed by atoms with E-state index < -0.39 is 39.7 Å². The van der Waals surface area contributed by atoms with Crippen LogP contribution >= 0.6 is 11.6 Å². The Balaban J connectivity index is 0.000000297. The number of hydrogen-bond acceptors (Lipinski definition) is 4. The van der Waals surface area contributed by atoms with Gasteiger partial charge < -0.3 is 20.0 Å². The number of hydrogen-bond donors (Lipinski definition) is 2. The van der Waals surface area contributed by atoms with Crippen LogP contribution in [0.5, 0.6) is 0 Å². The monoisotopic (exact) mass is 788 g/mol. The number of benzene rings is 4. The molecule has 0 aromatic heterocycles. The van der Waals surface area contributed by atoms with Gasteiger partial charge in [0, 0.05) is 31.3 Å². The summed E-state index contributed by atoms with van der Waals surface area (Å²) in [6.07, 6.45) is -0.824. The Morgan fingerprint density at radius 1 is 0.673 bits per heavy atom. The molecule has 0 radical (unpaired) electrons. The van der Waals surface area contributed by atoms with E-state index in [1.807, 2.05) is 64.0 Å². The first-order valence-electron chi connectivity index (χ1n) is 17.8. The minimum Gasteiger partial charge on any atom is -0.385 e. The maximum Gasteiger partial charge on any atom is 0.417 e. The molecule has 4 aromatic rings. The van der Waals surface area contributed by atoms with Gasteiger partial charge in [-0.05, 0) is 124 Å². The molecule has 0 aliphatic heterocycles. The smallest absolute Gasteiger partial charge is 0.385 e. The largest absolute Gasteiger partial charge is 0.417 e. The lowest BCUT2D eigenvalue weighted by Crippen LogP contribution is -2.44. The average Bonchev–Trinajstić information content (AvgIpc) is 3.09. The van der Waals surface area contributed by atoms with Crippen LogP contribution in [0.2, 0.25) is 5.02 Å². The fraction of sp³-hybridized carbons (Fsp3) is 0.364. The molecule has 0 heterocycles. The molecule has 4 unspecified atom stereocenters. The van der Waals surface area contributed by atoms with Gasteiger partial charge in [-0.1, -0.05) is 80.1 Å². The normalized spacial score (nSPS) is 15.9. The lowest BCUT2D eigenvalue weighted by Gasteiger charge is -2.38. The summed E-state index contributed by atoms with van der Waals surface area (Å²) in [6.45, 7) is 8.38. The molecule has 4 atom stereocenters. The highest BCUT2D eigenvalue weighted by molar-refractivity contribution is 6.31. The molecule has 4 aromatic carbocycles. The molecule has 0 aliphatic carbocycles. The van der Waals surface area contributed by atoms with E-state index in [9.17, 15) is 36.6 Å². The molecule has 0 aliphatic rings. The minimum atomic E-state index is -4.65. The molecule has 0 saturated carbocycles. The van der Waals surface area contributed by atoms with Crippen molar-refractivity contribution in [3.63, 3.8) is 0 Å². The zero-order valence-corrected chi connectivity index (χ0v) is 33.3. The third-order valence-corrected chi connectivity index (χ3v) is 10.0. The zero-order valence-electron chi connectivity index (χ0n) is 32.5. The molecular weight excluding hydrogens is 738 g/mol. The van der Waals surface area contributed by atoms with E-state index in [1.54, 1.807) is 50.3 Å². The van der Waals surface area contributed by atoms with Gasteiger partial charge in [-0.25, -0.2) is 13.2 Å². The van der Waals surface area contributed by atoms with Gasteiger partial charge >= 0.3 is 6.18 Å². The van der Waals surface area contributed by atoms with Gasteiger partial charge in [0.25, 0.3) is 0 Å². The van der Waals surface area contributed by atoms with Crippen molar-refractivity contribution in [3.05, 3.63) is 152 Å². The SMILES string of the molecule is CC(=Cc1ccc(F)cc1)C(O)(Cc1cccc(F)c1)C(C)CN(C)C.CC(=Cc1ccc(F)cc1)C(O)(c1ccc(Cl)c(C(F)(F)F)c1)C(C)CN(C)C. The van der Waals surface area contributed by atoms with Crippen molar-refractivity contribution in [2.45, 2.75) is 51.5 Å². The van der Waals surface area contributed by atoms with Crippen LogP contribution in [0, 0.1) is 29.3 Å². The fourth-order valence-corrected chi connectivity index (χ4v) is 7.00. The predicted octanol–water partition coefficient (Wildman–Crippen LogP) is 10.5. The Kier molecular flexibility index (Phi) is 15.9. The van der Waals surface area contributed by atoms with Crippen LogP contribution < -0.4 is 0 Å². The van der Waals surface area contributed by atoms with Crippen LogP contribution in [0.4, 0.5) is 26.3 Å².